The summed E-state index contributed by atoms with van der Waals surface area (Å²) >= 11 is 0. The smallest absolute Gasteiger partial charge is 0.231 e. The van der Waals surface area contributed by atoms with Crippen molar-refractivity contribution in [3.8, 4) is 22.6 Å². The number of nitrogens with one attached hydrogen (secondary N) is 1. The molecule has 1 heterocycles. The third-order valence-electron chi connectivity index (χ3n) is 5.65. The number of carbonyl (C=O) groups is 1. The van der Waals surface area contributed by atoms with Crippen LogP contribution in [0.3, 0.4) is 0 Å². The zero-order chi connectivity index (χ0) is 21.8. The number of carbonyl (C=O) groups excluding carboxylic acids is 1. The van der Waals surface area contributed by atoms with Crippen molar-refractivity contribution in [2.24, 2.45) is 0 Å². The molecule has 158 valence electrons. The van der Waals surface area contributed by atoms with Crippen LogP contribution >= 0.6 is 0 Å². The van der Waals surface area contributed by atoms with Crippen LogP contribution in [0.25, 0.3) is 17.2 Å². The Morgan fingerprint density at radius 2 is 1.68 bits per heavy atom. The lowest BCUT2D eigenvalue weighted by molar-refractivity contribution is -0.894. The normalized spacial score (nSPS) is 15.0. The average Bonchev–Trinajstić information content (AvgIpc) is 3.11. The number of allylic oxidation sites excluding steroid dienone is 1. The van der Waals surface area contributed by atoms with Gasteiger partial charge in [-0.25, -0.2) is 0 Å². The highest BCUT2D eigenvalue weighted by Crippen LogP contribution is 2.38. The first-order chi connectivity index (χ1) is 15.1. The van der Waals surface area contributed by atoms with Gasteiger partial charge in [0.1, 0.15) is 12.3 Å². The van der Waals surface area contributed by atoms with E-state index >= 15 is 0 Å². The van der Waals surface area contributed by atoms with Crippen molar-refractivity contribution in [3.63, 3.8) is 0 Å². The van der Waals surface area contributed by atoms with Gasteiger partial charge in [-0.1, -0.05) is 79.8 Å². The zero-order valence-electron chi connectivity index (χ0n) is 18.0. The number of ketones is 1. The molecule has 1 aliphatic heterocycles. The molecule has 0 amide bonds. The van der Waals surface area contributed by atoms with Crippen LogP contribution in [0.1, 0.15) is 41.3 Å². The summed E-state index contributed by atoms with van der Waals surface area (Å²) in [5.74, 6) is 0.450. The van der Waals surface area contributed by atoms with Crippen LogP contribution < -0.4 is 14.7 Å². The molecule has 4 heteroatoms. The van der Waals surface area contributed by atoms with Crippen molar-refractivity contribution in [1.82, 2.24) is 0 Å². The standard InChI is InChI=1S/C27H27NO3/c1-3-4-16-28(2)18-23-24(29)15-14-22-26(30)25(31-27(22)23)17-19-10-12-21(13-11-19)20-8-6-5-7-9-20/h5-15,17,29H,3-4,16,18H2,1-2H3. The summed E-state index contributed by atoms with van der Waals surface area (Å²) in [4.78, 5) is 14.1. The summed E-state index contributed by atoms with van der Waals surface area (Å²) in [5, 5.41) is 12.5. The van der Waals surface area contributed by atoms with Crippen LogP contribution in [0.5, 0.6) is 11.5 Å². The van der Waals surface area contributed by atoms with Crippen LogP contribution in [-0.2, 0) is 6.54 Å². The van der Waals surface area contributed by atoms with Crippen LogP contribution in [0, 0.1) is 0 Å². The Hall–Kier alpha value is -3.37. The minimum absolute atomic E-state index is 0.0733. The number of unbranched alkanes of at least 4 members (excludes halogenated alkanes) is 1. The monoisotopic (exact) mass is 413 g/mol. The van der Waals surface area contributed by atoms with E-state index in [-0.39, 0.29) is 17.3 Å². The van der Waals surface area contributed by atoms with Crippen molar-refractivity contribution < 1.29 is 19.5 Å². The Morgan fingerprint density at radius 1 is 0.968 bits per heavy atom. The Morgan fingerprint density at radius 3 is 2.39 bits per heavy atom. The van der Waals surface area contributed by atoms with E-state index in [9.17, 15) is 9.90 Å². The molecule has 1 unspecified atom stereocenters. The molecule has 0 saturated carbocycles. The minimum Gasteiger partial charge on any atom is -0.872 e. The summed E-state index contributed by atoms with van der Waals surface area (Å²) in [5.41, 5.74) is 4.20. The fraction of sp³-hybridized carbons (Fsp3) is 0.222. The molecule has 1 N–H and O–H groups in total. The highest BCUT2D eigenvalue weighted by molar-refractivity contribution is 6.15. The van der Waals surface area contributed by atoms with E-state index in [0.717, 1.165) is 36.1 Å². The molecule has 0 spiro atoms. The van der Waals surface area contributed by atoms with Gasteiger partial charge in [-0.15, -0.1) is 0 Å². The molecule has 31 heavy (non-hydrogen) atoms. The number of ether oxygens (including phenoxy) is 1. The first kappa shape index (κ1) is 20.9. The minimum atomic E-state index is -0.172. The van der Waals surface area contributed by atoms with Crippen LogP contribution in [0.4, 0.5) is 0 Å². The van der Waals surface area contributed by atoms with Crippen molar-refractivity contribution >= 4 is 11.9 Å². The maximum atomic E-state index is 12.9. The summed E-state index contributed by atoms with van der Waals surface area (Å²) in [7, 11) is 2.07. The topological polar surface area (TPSA) is 53.8 Å². The number of rotatable bonds is 7. The molecule has 0 aliphatic carbocycles. The third kappa shape index (κ3) is 4.54. The molecule has 0 fully saturated rings. The Bertz CT molecular complexity index is 1100. The zero-order valence-corrected chi connectivity index (χ0v) is 18.0. The Balaban J connectivity index is 1.57. The first-order valence-electron chi connectivity index (χ1n) is 10.8. The molecular weight excluding hydrogens is 386 g/mol. The van der Waals surface area contributed by atoms with E-state index in [1.54, 1.807) is 12.1 Å². The molecule has 0 saturated heterocycles. The van der Waals surface area contributed by atoms with E-state index in [1.165, 1.54) is 11.0 Å². The summed E-state index contributed by atoms with van der Waals surface area (Å²) in [6.07, 6.45) is 3.96. The lowest BCUT2D eigenvalue weighted by atomic mass is 10.0. The number of hydrogen-bond acceptors (Lipinski definition) is 3. The first-order valence-corrected chi connectivity index (χ1v) is 10.8. The van der Waals surface area contributed by atoms with Gasteiger partial charge in [-0.2, -0.15) is 0 Å². The molecule has 0 radical (unpaired) electrons. The molecule has 4 nitrogen and oxygen atoms in total. The highest BCUT2D eigenvalue weighted by atomic mass is 16.5. The highest BCUT2D eigenvalue weighted by Gasteiger charge is 2.30. The fourth-order valence-corrected chi connectivity index (χ4v) is 3.88. The van der Waals surface area contributed by atoms with Gasteiger partial charge in [-0.3, -0.25) is 4.79 Å². The summed E-state index contributed by atoms with van der Waals surface area (Å²) in [6, 6.07) is 21.2. The fourth-order valence-electron chi connectivity index (χ4n) is 3.88. The van der Waals surface area contributed by atoms with Crippen molar-refractivity contribution in [2.75, 3.05) is 13.6 Å². The van der Waals surface area contributed by atoms with Crippen molar-refractivity contribution in [2.45, 2.75) is 26.3 Å². The van der Waals surface area contributed by atoms with Gasteiger partial charge in [0, 0.05) is 5.56 Å². The maximum absolute atomic E-state index is 12.9. The number of benzene rings is 3. The van der Waals surface area contributed by atoms with Gasteiger partial charge in [-0.05, 0) is 35.3 Å². The van der Waals surface area contributed by atoms with Crippen LogP contribution in [0.15, 0.2) is 72.5 Å². The molecule has 1 aliphatic rings. The molecule has 0 aromatic heterocycles. The maximum Gasteiger partial charge on any atom is 0.231 e. The van der Waals surface area contributed by atoms with Crippen LogP contribution in [-0.4, -0.2) is 19.4 Å². The van der Waals surface area contributed by atoms with Crippen LogP contribution in [0.2, 0.25) is 0 Å². The third-order valence-corrected chi connectivity index (χ3v) is 5.65. The van der Waals surface area contributed by atoms with Gasteiger partial charge in [0.2, 0.25) is 5.78 Å². The van der Waals surface area contributed by atoms with Gasteiger partial charge in [0.25, 0.3) is 0 Å². The molecule has 3 aromatic carbocycles. The van der Waals surface area contributed by atoms with E-state index in [1.807, 2.05) is 42.5 Å². The lowest BCUT2D eigenvalue weighted by Crippen LogP contribution is -3.07. The SMILES string of the molecule is CCCC[NH+](C)Cc1c([O-])ccc2c1OC(=Cc1ccc(-c3ccccc3)cc1)C2=O. The second kappa shape index (κ2) is 9.19. The molecule has 1 atom stereocenters. The Labute approximate surface area is 183 Å². The lowest BCUT2D eigenvalue weighted by Gasteiger charge is -2.20. The van der Waals surface area contributed by atoms with Gasteiger partial charge < -0.3 is 14.7 Å². The molecule has 3 aromatic rings. The number of quaternary nitrogens is 1. The average molecular weight is 414 g/mol. The van der Waals surface area contributed by atoms with E-state index < -0.39 is 0 Å². The molecular formula is C27H27NO3. The number of Topliss-reactive ketones (excluding diaryl/α,β-unsaturated/α-hetero) is 1. The predicted molar refractivity (Wildman–Crippen MR) is 121 cm³/mol. The number of hydrogen-bond donors (Lipinski definition) is 1. The van der Waals surface area contributed by atoms with E-state index in [4.69, 9.17) is 4.74 Å². The van der Waals surface area contributed by atoms with Crippen molar-refractivity contribution in [3.05, 3.63) is 89.2 Å². The molecule has 0 bridgehead atoms. The van der Waals surface area contributed by atoms with Crippen molar-refractivity contribution in [1.29, 1.82) is 0 Å². The van der Waals surface area contributed by atoms with Gasteiger partial charge in [0.15, 0.2) is 5.76 Å². The van der Waals surface area contributed by atoms with E-state index in [2.05, 4.69) is 26.1 Å². The molecule has 4 rings (SSSR count). The van der Waals surface area contributed by atoms with Gasteiger partial charge >= 0.3 is 0 Å². The van der Waals surface area contributed by atoms with Gasteiger partial charge in [0.05, 0.1) is 19.2 Å². The number of fused-ring (bicyclic) bond motifs is 1. The Kier molecular flexibility index (Phi) is 6.19. The second-order valence-corrected chi connectivity index (χ2v) is 8.08. The summed E-state index contributed by atoms with van der Waals surface area (Å²) < 4.78 is 5.95. The quantitative estimate of drug-likeness (QED) is 0.599. The summed E-state index contributed by atoms with van der Waals surface area (Å²) in [6.45, 7) is 3.68. The second-order valence-electron chi connectivity index (χ2n) is 8.08. The largest absolute Gasteiger partial charge is 0.872 e. The van der Waals surface area contributed by atoms with E-state index in [0.29, 0.717) is 23.4 Å². The predicted octanol–water partition coefficient (Wildman–Crippen LogP) is 3.86.